The molecular formula is C18H17ClO5. The van der Waals surface area contributed by atoms with Crippen molar-refractivity contribution >= 4 is 23.5 Å². The van der Waals surface area contributed by atoms with Crippen molar-refractivity contribution in [2.75, 3.05) is 6.61 Å². The van der Waals surface area contributed by atoms with E-state index >= 15 is 0 Å². The van der Waals surface area contributed by atoms with Crippen LogP contribution in [0, 0.1) is 5.92 Å². The molecule has 2 aromatic carbocycles. The van der Waals surface area contributed by atoms with Crippen LogP contribution >= 0.6 is 11.6 Å². The number of hydrogen-bond donors (Lipinski definition) is 1. The van der Waals surface area contributed by atoms with Gasteiger partial charge in [-0.15, -0.1) is 0 Å². The van der Waals surface area contributed by atoms with Crippen LogP contribution in [0.1, 0.15) is 34.6 Å². The first-order chi connectivity index (χ1) is 11.4. The van der Waals surface area contributed by atoms with Gasteiger partial charge < -0.3 is 14.6 Å². The predicted octanol–water partition coefficient (Wildman–Crippen LogP) is 4.29. The molecule has 0 radical (unpaired) electrons. The van der Waals surface area contributed by atoms with Gasteiger partial charge >= 0.3 is 11.9 Å². The third kappa shape index (κ3) is 4.73. The first-order valence-corrected chi connectivity index (χ1v) is 7.72. The van der Waals surface area contributed by atoms with E-state index in [4.69, 9.17) is 26.2 Å². The molecule has 0 atom stereocenters. The highest BCUT2D eigenvalue weighted by atomic mass is 35.5. The quantitative estimate of drug-likeness (QED) is 0.622. The van der Waals surface area contributed by atoms with Crippen molar-refractivity contribution in [1.29, 1.82) is 0 Å². The average Bonchev–Trinajstić information content (AvgIpc) is 2.54. The molecule has 0 aliphatic rings. The predicted molar refractivity (Wildman–Crippen MR) is 90.1 cm³/mol. The van der Waals surface area contributed by atoms with Crippen LogP contribution in [0.3, 0.4) is 0 Å². The van der Waals surface area contributed by atoms with Crippen LogP contribution in [0.5, 0.6) is 11.5 Å². The van der Waals surface area contributed by atoms with Gasteiger partial charge in [-0.05, 0) is 42.3 Å². The Balaban J connectivity index is 2.18. The zero-order valence-electron chi connectivity index (χ0n) is 13.3. The second-order valence-corrected chi connectivity index (χ2v) is 6.00. The van der Waals surface area contributed by atoms with Crippen molar-refractivity contribution in [2.24, 2.45) is 5.92 Å². The summed E-state index contributed by atoms with van der Waals surface area (Å²) in [5.74, 6) is -1.06. The van der Waals surface area contributed by atoms with E-state index < -0.39 is 11.9 Å². The van der Waals surface area contributed by atoms with Gasteiger partial charge in [0.2, 0.25) is 0 Å². The standard InChI is InChI=1S/C18H17ClO5/c1-11(2)10-23-14-5-3-4-12(8-14)18(22)24-16-7-6-13(19)9-15(16)17(20)21/h3-9,11H,10H2,1-2H3,(H,20,21). The molecule has 5 nitrogen and oxygen atoms in total. The van der Waals surface area contributed by atoms with Crippen LogP contribution in [0.25, 0.3) is 0 Å². The molecule has 0 saturated carbocycles. The SMILES string of the molecule is CC(C)COc1cccc(C(=O)Oc2ccc(Cl)cc2C(=O)O)c1. The Hall–Kier alpha value is -2.53. The minimum atomic E-state index is -1.23. The molecule has 0 bridgehead atoms. The van der Waals surface area contributed by atoms with Crippen LogP contribution in [-0.2, 0) is 0 Å². The van der Waals surface area contributed by atoms with Crippen molar-refractivity contribution in [3.63, 3.8) is 0 Å². The molecule has 0 saturated heterocycles. The van der Waals surface area contributed by atoms with Crippen LogP contribution in [-0.4, -0.2) is 23.7 Å². The maximum Gasteiger partial charge on any atom is 0.343 e. The highest BCUT2D eigenvalue weighted by Crippen LogP contribution is 2.24. The normalized spacial score (nSPS) is 10.5. The molecule has 24 heavy (non-hydrogen) atoms. The van der Waals surface area contributed by atoms with Crippen molar-refractivity contribution in [3.8, 4) is 11.5 Å². The summed E-state index contributed by atoms with van der Waals surface area (Å²) in [5, 5.41) is 9.42. The van der Waals surface area contributed by atoms with Gasteiger partial charge in [-0.1, -0.05) is 31.5 Å². The molecule has 6 heteroatoms. The summed E-state index contributed by atoms with van der Waals surface area (Å²) in [6, 6.07) is 10.6. The number of hydrogen-bond acceptors (Lipinski definition) is 4. The molecule has 0 aliphatic heterocycles. The fourth-order valence-corrected chi connectivity index (χ4v) is 2.06. The Morgan fingerprint density at radius 1 is 1.17 bits per heavy atom. The number of benzene rings is 2. The summed E-state index contributed by atoms with van der Waals surface area (Å²) >= 11 is 5.78. The maximum absolute atomic E-state index is 12.3. The summed E-state index contributed by atoms with van der Waals surface area (Å²) < 4.78 is 10.8. The summed E-state index contributed by atoms with van der Waals surface area (Å²) in [6.07, 6.45) is 0. The Morgan fingerprint density at radius 3 is 2.58 bits per heavy atom. The Bertz CT molecular complexity index is 755. The molecular weight excluding hydrogens is 332 g/mol. The zero-order valence-corrected chi connectivity index (χ0v) is 14.0. The van der Waals surface area contributed by atoms with Gasteiger partial charge in [-0.25, -0.2) is 9.59 Å². The monoisotopic (exact) mass is 348 g/mol. The second kappa shape index (κ2) is 7.84. The minimum Gasteiger partial charge on any atom is -0.493 e. The van der Waals surface area contributed by atoms with Gasteiger partial charge in [0.25, 0.3) is 0 Å². The van der Waals surface area contributed by atoms with E-state index in [2.05, 4.69) is 0 Å². The van der Waals surface area contributed by atoms with Crippen LogP contribution < -0.4 is 9.47 Å². The summed E-state index contributed by atoms with van der Waals surface area (Å²) in [6.45, 7) is 4.57. The summed E-state index contributed by atoms with van der Waals surface area (Å²) in [4.78, 5) is 23.5. The van der Waals surface area contributed by atoms with Gasteiger partial charge in [-0.2, -0.15) is 0 Å². The largest absolute Gasteiger partial charge is 0.493 e. The van der Waals surface area contributed by atoms with E-state index in [1.165, 1.54) is 18.2 Å². The first kappa shape index (κ1) is 17.8. The molecule has 0 aliphatic carbocycles. The maximum atomic E-state index is 12.3. The van der Waals surface area contributed by atoms with Gasteiger partial charge in [0.15, 0.2) is 0 Å². The summed E-state index contributed by atoms with van der Waals surface area (Å²) in [7, 11) is 0. The molecule has 0 amide bonds. The molecule has 1 N–H and O–H groups in total. The lowest BCUT2D eigenvalue weighted by Gasteiger charge is -2.11. The van der Waals surface area contributed by atoms with Crippen LogP contribution in [0.15, 0.2) is 42.5 Å². The van der Waals surface area contributed by atoms with E-state index in [1.807, 2.05) is 13.8 Å². The zero-order chi connectivity index (χ0) is 17.7. The minimum absolute atomic E-state index is 0.0644. The molecule has 2 rings (SSSR count). The third-order valence-electron chi connectivity index (χ3n) is 3.03. The van der Waals surface area contributed by atoms with Crippen molar-refractivity contribution in [3.05, 3.63) is 58.6 Å². The first-order valence-electron chi connectivity index (χ1n) is 7.34. The van der Waals surface area contributed by atoms with E-state index in [9.17, 15) is 9.59 Å². The number of ether oxygens (including phenoxy) is 2. The fourth-order valence-electron chi connectivity index (χ4n) is 1.89. The highest BCUT2D eigenvalue weighted by Gasteiger charge is 2.17. The number of carboxylic acid groups (broad SMARTS) is 1. The van der Waals surface area contributed by atoms with Crippen LogP contribution in [0.4, 0.5) is 0 Å². The topological polar surface area (TPSA) is 72.8 Å². The molecule has 2 aromatic rings. The van der Waals surface area contributed by atoms with Crippen LogP contribution in [0.2, 0.25) is 5.02 Å². The smallest absolute Gasteiger partial charge is 0.343 e. The fraction of sp³-hybridized carbons (Fsp3) is 0.222. The molecule has 0 heterocycles. The van der Waals surface area contributed by atoms with Crippen molar-refractivity contribution in [2.45, 2.75) is 13.8 Å². The summed E-state index contributed by atoms with van der Waals surface area (Å²) in [5.41, 5.74) is 0.0885. The molecule has 0 spiro atoms. The lowest BCUT2D eigenvalue weighted by atomic mass is 10.2. The number of halogens is 1. The number of esters is 1. The Morgan fingerprint density at radius 2 is 1.92 bits per heavy atom. The molecule has 0 unspecified atom stereocenters. The molecule has 126 valence electrons. The highest BCUT2D eigenvalue weighted by molar-refractivity contribution is 6.31. The molecule has 0 fully saturated rings. The third-order valence-corrected chi connectivity index (χ3v) is 3.26. The van der Waals surface area contributed by atoms with Gasteiger partial charge in [-0.3, -0.25) is 0 Å². The number of carboxylic acids is 1. The number of carbonyl (C=O) groups excluding carboxylic acids is 1. The Labute approximate surface area is 144 Å². The number of aromatic carboxylic acids is 1. The lowest BCUT2D eigenvalue weighted by Crippen LogP contribution is -2.12. The number of carbonyl (C=O) groups is 2. The van der Waals surface area contributed by atoms with Crippen molar-refractivity contribution < 1.29 is 24.2 Å². The molecule has 0 aromatic heterocycles. The van der Waals surface area contributed by atoms with E-state index in [1.54, 1.807) is 24.3 Å². The van der Waals surface area contributed by atoms with E-state index in [-0.39, 0.29) is 21.9 Å². The number of rotatable bonds is 6. The second-order valence-electron chi connectivity index (χ2n) is 5.57. The lowest BCUT2D eigenvalue weighted by molar-refractivity contribution is 0.0681. The Kier molecular flexibility index (Phi) is 5.82. The van der Waals surface area contributed by atoms with E-state index in [0.29, 0.717) is 18.3 Å². The van der Waals surface area contributed by atoms with Gasteiger partial charge in [0, 0.05) is 5.02 Å². The van der Waals surface area contributed by atoms with Gasteiger partial charge in [0.05, 0.1) is 12.2 Å². The van der Waals surface area contributed by atoms with Gasteiger partial charge in [0.1, 0.15) is 17.1 Å². The van der Waals surface area contributed by atoms with Crippen molar-refractivity contribution in [1.82, 2.24) is 0 Å². The van der Waals surface area contributed by atoms with E-state index in [0.717, 1.165) is 0 Å². The average molecular weight is 349 g/mol.